The van der Waals surface area contributed by atoms with Crippen molar-refractivity contribution in [2.45, 2.75) is 17.6 Å². The maximum atomic E-state index is 12.4. The zero-order valence-corrected chi connectivity index (χ0v) is 12.2. The molecule has 0 radical (unpaired) electrons. The van der Waals surface area contributed by atoms with Crippen molar-refractivity contribution in [3.05, 3.63) is 40.7 Å². The van der Waals surface area contributed by atoms with Gasteiger partial charge in [-0.25, -0.2) is 8.42 Å². The van der Waals surface area contributed by atoms with Gasteiger partial charge < -0.3 is 5.73 Å². The van der Waals surface area contributed by atoms with E-state index in [9.17, 15) is 8.42 Å². The first-order valence-corrected chi connectivity index (χ1v) is 7.60. The van der Waals surface area contributed by atoms with E-state index in [0.29, 0.717) is 10.7 Å². The minimum Gasteiger partial charge on any atom is -0.398 e. The van der Waals surface area contributed by atoms with E-state index in [0.717, 1.165) is 5.69 Å². The van der Waals surface area contributed by atoms with Crippen LogP contribution in [0.4, 0.5) is 5.69 Å². The number of sulfone groups is 1. The number of aromatic nitrogens is 2. The molecule has 102 valence electrons. The molecule has 2 aromatic rings. The molecule has 19 heavy (non-hydrogen) atoms. The normalized spacial score (nSPS) is 11.7. The minimum atomic E-state index is -3.55. The van der Waals surface area contributed by atoms with Crippen LogP contribution < -0.4 is 5.73 Å². The summed E-state index contributed by atoms with van der Waals surface area (Å²) >= 11 is 5.82. The molecule has 1 aromatic heterocycles. The third kappa shape index (κ3) is 2.90. The highest BCUT2D eigenvalue weighted by Gasteiger charge is 2.20. The minimum absolute atomic E-state index is 0.0545. The predicted octanol–water partition coefficient (Wildman–Crippen LogP) is 1.94. The zero-order valence-electron chi connectivity index (χ0n) is 10.6. The highest BCUT2D eigenvalue weighted by atomic mass is 35.5. The number of halogens is 1. The van der Waals surface area contributed by atoms with Crippen molar-refractivity contribution in [3.63, 3.8) is 0 Å². The Morgan fingerprint density at radius 1 is 1.37 bits per heavy atom. The van der Waals surface area contributed by atoms with Gasteiger partial charge in [0.2, 0.25) is 0 Å². The molecule has 0 aliphatic heterocycles. The fraction of sp³-hybridized carbons (Fsp3) is 0.250. The van der Waals surface area contributed by atoms with Gasteiger partial charge in [0.15, 0.2) is 9.84 Å². The van der Waals surface area contributed by atoms with E-state index < -0.39 is 9.84 Å². The summed E-state index contributed by atoms with van der Waals surface area (Å²) in [6.07, 6.45) is 0. The van der Waals surface area contributed by atoms with E-state index in [1.165, 1.54) is 12.1 Å². The lowest BCUT2D eigenvalue weighted by Gasteiger charge is -2.08. The first kappa shape index (κ1) is 13.9. The van der Waals surface area contributed by atoms with Gasteiger partial charge in [-0.15, -0.1) is 0 Å². The van der Waals surface area contributed by atoms with Gasteiger partial charge in [-0.05, 0) is 31.2 Å². The predicted molar refractivity (Wildman–Crippen MR) is 74.7 cm³/mol. The molecule has 2 rings (SSSR count). The molecule has 2 N–H and O–H groups in total. The van der Waals surface area contributed by atoms with Gasteiger partial charge in [0.25, 0.3) is 0 Å². The maximum Gasteiger partial charge on any atom is 0.186 e. The van der Waals surface area contributed by atoms with Gasteiger partial charge in [0, 0.05) is 12.1 Å². The average molecular weight is 300 g/mol. The second kappa shape index (κ2) is 4.86. The Labute approximate surface area is 116 Å². The van der Waals surface area contributed by atoms with Gasteiger partial charge in [0.1, 0.15) is 0 Å². The fourth-order valence-corrected chi connectivity index (χ4v) is 3.63. The molecule has 0 aliphatic rings. The van der Waals surface area contributed by atoms with Crippen LogP contribution in [-0.2, 0) is 22.6 Å². The van der Waals surface area contributed by atoms with Crippen LogP contribution in [0.3, 0.4) is 0 Å². The Morgan fingerprint density at radius 2 is 2.05 bits per heavy atom. The summed E-state index contributed by atoms with van der Waals surface area (Å²) in [5.41, 5.74) is 7.29. The second-order valence-corrected chi connectivity index (χ2v) is 6.74. The molecule has 0 unspecified atom stereocenters. The van der Waals surface area contributed by atoms with E-state index in [2.05, 4.69) is 5.10 Å². The summed E-state index contributed by atoms with van der Waals surface area (Å²) in [4.78, 5) is 0.0545. The lowest BCUT2D eigenvalue weighted by atomic mass is 10.3. The first-order chi connectivity index (χ1) is 8.79. The molecule has 7 heteroatoms. The first-order valence-electron chi connectivity index (χ1n) is 5.57. The number of hydrogen-bond acceptors (Lipinski definition) is 4. The molecular weight excluding hydrogens is 286 g/mol. The average Bonchev–Trinajstić information content (AvgIpc) is 2.60. The SMILES string of the molecule is Cc1cc(CS(=O)(=O)c2cc(Cl)ccc2N)n(C)n1. The number of hydrogen-bond donors (Lipinski definition) is 1. The molecule has 0 spiro atoms. The fourth-order valence-electron chi connectivity index (χ4n) is 1.85. The number of nitrogens with zero attached hydrogens (tertiary/aromatic N) is 2. The number of aryl methyl sites for hydroxylation is 2. The standard InChI is InChI=1S/C12H14ClN3O2S/c1-8-5-10(16(2)15-8)7-19(17,18)12-6-9(13)3-4-11(12)14/h3-6H,7,14H2,1-2H3. The van der Waals surface area contributed by atoms with Crippen molar-refractivity contribution < 1.29 is 8.42 Å². The van der Waals surface area contributed by atoms with Crippen LogP contribution in [0.15, 0.2) is 29.2 Å². The molecule has 1 aromatic carbocycles. The molecule has 1 heterocycles. The van der Waals surface area contributed by atoms with E-state index in [-0.39, 0.29) is 16.3 Å². The number of anilines is 1. The number of nitrogens with two attached hydrogens (primary N) is 1. The van der Waals surface area contributed by atoms with Crippen molar-refractivity contribution >= 4 is 27.1 Å². The molecule has 0 saturated heterocycles. The molecule has 0 amide bonds. The van der Waals surface area contributed by atoms with Crippen molar-refractivity contribution in [2.24, 2.45) is 7.05 Å². The molecule has 0 bridgehead atoms. The van der Waals surface area contributed by atoms with Gasteiger partial charge >= 0.3 is 0 Å². The molecule has 5 nitrogen and oxygen atoms in total. The Hall–Kier alpha value is -1.53. The Balaban J connectivity index is 2.43. The Kier molecular flexibility index (Phi) is 3.56. The third-order valence-corrected chi connectivity index (χ3v) is 4.68. The van der Waals surface area contributed by atoms with Crippen molar-refractivity contribution in [1.82, 2.24) is 9.78 Å². The van der Waals surface area contributed by atoms with Crippen LogP contribution in [0.5, 0.6) is 0 Å². The highest BCUT2D eigenvalue weighted by Crippen LogP contribution is 2.25. The van der Waals surface area contributed by atoms with Crippen molar-refractivity contribution in [1.29, 1.82) is 0 Å². The smallest absolute Gasteiger partial charge is 0.186 e. The van der Waals surface area contributed by atoms with Crippen LogP contribution in [-0.4, -0.2) is 18.2 Å². The Morgan fingerprint density at radius 3 is 2.63 bits per heavy atom. The summed E-state index contributed by atoms with van der Waals surface area (Å²) in [5.74, 6) is -0.158. The van der Waals surface area contributed by atoms with E-state index >= 15 is 0 Å². The maximum absolute atomic E-state index is 12.4. The van der Waals surface area contributed by atoms with E-state index in [4.69, 9.17) is 17.3 Å². The van der Waals surface area contributed by atoms with Gasteiger partial charge in [0.05, 0.1) is 27.7 Å². The van der Waals surface area contributed by atoms with E-state index in [1.54, 1.807) is 23.9 Å². The van der Waals surface area contributed by atoms with Gasteiger partial charge in [-0.1, -0.05) is 11.6 Å². The van der Waals surface area contributed by atoms with Crippen LogP contribution in [0.2, 0.25) is 5.02 Å². The van der Waals surface area contributed by atoms with Crippen LogP contribution in [0.1, 0.15) is 11.4 Å². The van der Waals surface area contributed by atoms with Crippen molar-refractivity contribution in [3.8, 4) is 0 Å². The van der Waals surface area contributed by atoms with Gasteiger partial charge in [-0.3, -0.25) is 4.68 Å². The summed E-state index contributed by atoms with van der Waals surface area (Å²) in [7, 11) is -1.84. The molecular formula is C12H14ClN3O2S. The lowest BCUT2D eigenvalue weighted by molar-refractivity contribution is 0.592. The number of rotatable bonds is 3. The summed E-state index contributed by atoms with van der Waals surface area (Å²) < 4.78 is 26.3. The number of benzene rings is 1. The monoisotopic (exact) mass is 299 g/mol. The summed E-state index contributed by atoms with van der Waals surface area (Å²) in [6.45, 7) is 1.81. The van der Waals surface area contributed by atoms with Crippen LogP contribution in [0, 0.1) is 6.92 Å². The van der Waals surface area contributed by atoms with Crippen LogP contribution >= 0.6 is 11.6 Å². The largest absolute Gasteiger partial charge is 0.398 e. The molecule has 0 atom stereocenters. The summed E-state index contributed by atoms with van der Waals surface area (Å²) in [6, 6.07) is 6.15. The topological polar surface area (TPSA) is 78.0 Å². The second-order valence-electron chi connectivity index (χ2n) is 4.34. The number of nitrogen functional groups attached to an aromatic ring is 1. The molecule has 0 saturated carbocycles. The Bertz CT molecular complexity index is 723. The van der Waals surface area contributed by atoms with E-state index in [1.807, 2.05) is 6.92 Å². The molecule has 0 fully saturated rings. The van der Waals surface area contributed by atoms with Crippen molar-refractivity contribution in [2.75, 3.05) is 5.73 Å². The molecule has 0 aliphatic carbocycles. The third-order valence-electron chi connectivity index (χ3n) is 2.75. The van der Waals surface area contributed by atoms with Gasteiger partial charge in [-0.2, -0.15) is 5.10 Å². The highest BCUT2D eigenvalue weighted by molar-refractivity contribution is 7.90. The summed E-state index contributed by atoms with van der Waals surface area (Å²) in [5, 5.41) is 4.47. The van der Waals surface area contributed by atoms with Crippen LogP contribution in [0.25, 0.3) is 0 Å². The lowest BCUT2D eigenvalue weighted by Crippen LogP contribution is -2.10. The zero-order chi connectivity index (χ0) is 14.2. The quantitative estimate of drug-likeness (QED) is 0.879.